The van der Waals surface area contributed by atoms with Gasteiger partial charge >= 0.3 is 0 Å². The summed E-state index contributed by atoms with van der Waals surface area (Å²) in [5.74, 6) is -0.920. The van der Waals surface area contributed by atoms with Crippen LogP contribution < -0.4 is 5.43 Å². The summed E-state index contributed by atoms with van der Waals surface area (Å²) in [6.07, 6.45) is 1.54. The van der Waals surface area contributed by atoms with Crippen molar-refractivity contribution in [3.63, 3.8) is 0 Å². The number of halogens is 1. The zero-order valence-corrected chi connectivity index (χ0v) is 16.6. The minimum atomic E-state index is -0.506. The van der Waals surface area contributed by atoms with E-state index in [1.165, 1.54) is 18.3 Å². The molecule has 0 saturated carbocycles. The van der Waals surface area contributed by atoms with Crippen LogP contribution in [0.15, 0.2) is 71.8 Å². The molecule has 30 heavy (non-hydrogen) atoms. The van der Waals surface area contributed by atoms with E-state index in [1.807, 2.05) is 54.8 Å². The number of carbonyl (C=O) groups is 1. The van der Waals surface area contributed by atoms with Crippen LogP contribution in [0, 0.1) is 19.7 Å². The molecule has 6 heteroatoms. The Hall–Kier alpha value is -3.93. The van der Waals surface area contributed by atoms with Gasteiger partial charge in [-0.2, -0.15) is 5.10 Å². The third-order valence-corrected chi connectivity index (χ3v) is 5.02. The quantitative estimate of drug-likeness (QED) is 0.379. The van der Waals surface area contributed by atoms with E-state index >= 15 is 0 Å². The maximum absolute atomic E-state index is 13.6. The molecule has 0 saturated heterocycles. The summed E-state index contributed by atoms with van der Waals surface area (Å²) in [6, 6.07) is 18.9. The predicted molar refractivity (Wildman–Crippen MR) is 116 cm³/mol. The van der Waals surface area contributed by atoms with E-state index in [0.717, 1.165) is 33.4 Å². The first kappa shape index (κ1) is 19.4. The molecule has 0 aliphatic heterocycles. The van der Waals surface area contributed by atoms with E-state index in [9.17, 15) is 14.3 Å². The predicted octanol–water partition coefficient (Wildman–Crippen LogP) is 4.86. The van der Waals surface area contributed by atoms with Crippen LogP contribution in [0.5, 0.6) is 5.75 Å². The van der Waals surface area contributed by atoms with Crippen LogP contribution in [0.25, 0.3) is 16.5 Å². The molecule has 0 bridgehead atoms. The summed E-state index contributed by atoms with van der Waals surface area (Å²) in [6.45, 7) is 3.82. The van der Waals surface area contributed by atoms with Crippen LogP contribution in [-0.2, 0) is 0 Å². The monoisotopic (exact) mass is 401 g/mol. The maximum Gasteiger partial charge on any atom is 0.275 e. The normalized spacial score (nSPS) is 11.3. The molecule has 2 N–H and O–H groups in total. The number of carbonyl (C=O) groups excluding carboxylic acids is 1. The average molecular weight is 401 g/mol. The molecule has 0 unspecified atom stereocenters. The van der Waals surface area contributed by atoms with Gasteiger partial charge in [0.15, 0.2) is 0 Å². The number of aromatic nitrogens is 1. The molecular weight excluding hydrogens is 381 g/mol. The number of benzene rings is 3. The molecule has 0 aliphatic rings. The van der Waals surface area contributed by atoms with Crippen molar-refractivity contribution in [3.8, 4) is 11.4 Å². The van der Waals surface area contributed by atoms with Crippen LogP contribution in [0.1, 0.15) is 27.3 Å². The number of hydrazone groups is 1. The van der Waals surface area contributed by atoms with Crippen molar-refractivity contribution < 1.29 is 14.3 Å². The van der Waals surface area contributed by atoms with Gasteiger partial charge in [-0.1, -0.05) is 30.3 Å². The SMILES string of the molecule is Cc1cc(C=NNC(=O)c2cc3ccccc3cc2O)c(C)n1-c1cccc(F)c1. The van der Waals surface area contributed by atoms with E-state index in [4.69, 9.17) is 0 Å². The Bertz CT molecular complexity index is 1290. The number of nitrogens with zero attached hydrogens (tertiary/aromatic N) is 2. The highest BCUT2D eigenvalue weighted by Crippen LogP contribution is 2.25. The molecule has 1 aromatic heterocycles. The topological polar surface area (TPSA) is 66.6 Å². The zero-order valence-electron chi connectivity index (χ0n) is 16.6. The number of hydrogen-bond donors (Lipinski definition) is 2. The van der Waals surface area contributed by atoms with Crippen molar-refractivity contribution in [2.24, 2.45) is 5.10 Å². The van der Waals surface area contributed by atoms with Crippen molar-refractivity contribution in [2.45, 2.75) is 13.8 Å². The molecule has 0 aliphatic carbocycles. The lowest BCUT2D eigenvalue weighted by molar-refractivity contribution is 0.0952. The van der Waals surface area contributed by atoms with Gasteiger partial charge in [-0.15, -0.1) is 0 Å². The first-order valence-electron chi connectivity index (χ1n) is 9.44. The Labute approximate surface area is 173 Å². The summed E-state index contributed by atoms with van der Waals surface area (Å²) in [5.41, 5.74) is 5.90. The molecule has 0 radical (unpaired) electrons. The van der Waals surface area contributed by atoms with E-state index in [0.29, 0.717) is 0 Å². The summed E-state index contributed by atoms with van der Waals surface area (Å²) >= 11 is 0. The second-order valence-electron chi connectivity index (χ2n) is 7.06. The first-order valence-corrected chi connectivity index (χ1v) is 9.44. The van der Waals surface area contributed by atoms with E-state index in [2.05, 4.69) is 10.5 Å². The average Bonchev–Trinajstić information content (AvgIpc) is 3.00. The second-order valence-corrected chi connectivity index (χ2v) is 7.06. The molecule has 150 valence electrons. The Balaban J connectivity index is 1.56. The summed E-state index contributed by atoms with van der Waals surface area (Å²) in [5, 5.41) is 15.9. The Morgan fingerprint density at radius 1 is 1.03 bits per heavy atom. The van der Waals surface area contributed by atoms with Crippen molar-refractivity contribution in [3.05, 3.63) is 95.1 Å². The highest BCUT2D eigenvalue weighted by molar-refractivity contribution is 6.01. The molecule has 1 amide bonds. The van der Waals surface area contributed by atoms with Crippen molar-refractivity contribution >= 4 is 22.9 Å². The molecule has 0 fully saturated rings. The number of phenols is 1. The highest BCUT2D eigenvalue weighted by atomic mass is 19.1. The molecule has 1 heterocycles. The molecule has 0 atom stereocenters. The number of hydrogen-bond acceptors (Lipinski definition) is 3. The lowest BCUT2D eigenvalue weighted by Gasteiger charge is -2.09. The van der Waals surface area contributed by atoms with Gasteiger partial charge in [0.05, 0.1) is 11.8 Å². The first-order chi connectivity index (χ1) is 14.4. The largest absolute Gasteiger partial charge is 0.507 e. The van der Waals surface area contributed by atoms with E-state index < -0.39 is 5.91 Å². The lowest BCUT2D eigenvalue weighted by Crippen LogP contribution is -2.17. The van der Waals surface area contributed by atoms with Gasteiger partial charge in [-0.3, -0.25) is 4.79 Å². The van der Waals surface area contributed by atoms with E-state index in [1.54, 1.807) is 18.2 Å². The smallest absolute Gasteiger partial charge is 0.275 e. The number of rotatable bonds is 4. The van der Waals surface area contributed by atoms with Gasteiger partial charge < -0.3 is 9.67 Å². The Morgan fingerprint density at radius 2 is 1.77 bits per heavy atom. The number of aromatic hydroxyl groups is 1. The fourth-order valence-corrected chi connectivity index (χ4v) is 3.56. The third kappa shape index (κ3) is 3.67. The standard InChI is InChI=1S/C24H20FN3O2/c1-15-10-19(16(2)28(15)21-9-5-8-20(25)13-21)14-26-27-24(30)22-11-17-6-3-4-7-18(17)12-23(22)29/h3-14,29H,1-2H3,(H,27,30). The van der Waals surface area contributed by atoms with Crippen LogP contribution in [-0.4, -0.2) is 21.8 Å². The van der Waals surface area contributed by atoms with Crippen molar-refractivity contribution in [2.75, 3.05) is 0 Å². The summed E-state index contributed by atoms with van der Waals surface area (Å²) < 4.78 is 15.5. The number of aryl methyl sites for hydroxylation is 1. The van der Waals surface area contributed by atoms with E-state index in [-0.39, 0.29) is 17.1 Å². The summed E-state index contributed by atoms with van der Waals surface area (Å²) in [7, 11) is 0. The lowest BCUT2D eigenvalue weighted by atomic mass is 10.1. The highest BCUT2D eigenvalue weighted by Gasteiger charge is 2.13. The van der Waals surface area contributed by atoms with Gasteiger partial charge in [0.25, 0.3) is 5.91 Å². The molecule has 5 nitrogen and oxygen atoms in total. The minimum absolute atomic E-state index is 0.106. The number of amides is 1. The van der Waals surface area contributed by atoms with Gasteiger partial charge in [-0.25, -0.2) is 9.82 Å². The number of phenolic OH excluding ortho intramolecular Hbond substituents is 1. The molecule has 4 aromatic rings. The van der Waals surface area contributed by atoms with Crippen LogP contribution >= 0.6 is 0 Å². The van der Waals surface area contributed by atoms with Crippen molar-refractivity contribution in [1.29, 1.82) is 0 Å². The molecular formula is C24H20FN3O2. The third-order valence-electron chi connectivity index (χ3n) is 5.02. The van der Waals surface area contributed by atoms with Gasteiger partial charge in [0.1, 0.15) is 11.6 Å². The van der Waals surface area contributed by atoms with Gasteiger partial charge in [-0.05, 0) is 61.0 Å². The molecule has 0 spiro atoms. The number of nitrogens with one attached hydrogen (secondary N) is 1. The van der Waals surface area contributed by atoms with Gasteiger partial charge in [0.2, 0.25) is 0 Å². The fourth-order valence-electron chi connectivity index (χ4n) is 3.56. The van der Waals surface area contributed by atoms with Crippen LogP contribution in [0.2, 0.25) is 0 Å². The Kier molecular flexibility index (Phi) is 5.06. The Morgan fingerprint density at radius 3 is 2.50 bits per heavy atom. The molecule has 4 rings (SSSR count). The van der Waals surface area contributed by atoms with Crippen molar-refractivity contribution in [1.82, 2.24) is 9.99 Å². The zero-order chi connectivity index (χ0) is 21.3. The van der Waals surface area contributed by atoms with Crippen LogP contribution in [0.3, 0.4) is 0 Å². The maximum atomic E-state index is 13.6. The second kappa shape index (κ2) is 7.83. The summed E-state index contributed by atoms with van der Waals surface area (Å²) in [4.78, 5) is 12.5. The fraction of sp³-hybridized carbons (Fsp3) is 0.0833. The number of fused-ring (bicyclic) bond motifs is 1. The molecule has 3 aromatic carbocycles. The minimum Gasteiger partial charge on any atom is -0.507 e. The van der Waals surface area contributed by atoms with Crippen LogP contribution in [0.4, 0.5) is 4.39 Å². The van der Waals surface area contributed by atoms with Gasteiger partial charge in [0, 0.05) is 22.6 Å².